The maximum atomic E-state index is 12.3. The van der Waals surface area contributed by atoms with E-state index in [2.05, 4.69) is 11.2 Å². The van der Waals surface area contributed by atoms with E-state index in [-0.39, 0.29) is 22.9 Å². The summed E-state index contributed by atoms with van der Waals surface area (Å²) in [5, 5.41) is 4.17. The molecule has 0 radical (unpaired) electrons. The Hall–Kier alpha value is -2.05. The zero-order chi connectivity index (χ0) is 20.7. The molecule has 2 aromatic rings. The SMILES string of the molecule is CCOCCc1ccc(OCCOc2cnn(C(C)(C)C)c(=O)c2Cl)c(C)c1. The van der Waals surface area contributed by atoms with E-state index in [9.17, 15) is 4.79 Å². The first-order valence-corrected chi connectivity index (χ1v) is 9.83. The summed E-state index contributed by atoms with van der Waals surface area (Å²) in [5.74, 6) is 1.06. The molecule has 0 spiro atoms. The van der Waals surface area contributed by atoms with E-state index in [1.165, 1.54) is 16.4 Å². The Bertz CT molecular complexity index is 843. The van der Waals surface area contributed by atoms with Gasteiger partial charge in [-0.3, -0.25) is 4.79 Å². The van der Waals surface area contributed by atoms with Gasteiger partial charge in [0.05, 0.1) is 18.3 Å². The number of hydrogen-bond donors (Lipinski definition) is 0. The van der Waals surface area contributed by atoms with Gasteiger partial charge in [-0.05, 0) is 58.2 Å². The lowest BCUT2D eigenvalue weighted by molar-refractivity contribution is 0.151. The third-order valence-corrected chi connectivity index (χ3v) is 4.45. The quantitative estimate of drug-likeness (QED) is 0.587. The average Bonchev–Trinajstić information content (AvgIpc) is 2.62. The van der Waals surface area contributed by atoms with Crippen LogP contribution in [0.3, 0.4) is 0 Å². The summed E-state index contributed by atoms with van der Waals surface area (Å²) in [6.07, 6.45) is 2.34. The highest BCUT2D eigenvalue weighted by molar-refractivity contribution is 6.31. The Morgan fingerprint density at radius 2 is 1.79 bits per heavy atom. The number of aromatic nitrogens is 2. The maximum Gasteiger partial charge on any atom is 0.289 e. The Morgan fingerprint density at radius 3 is 2.39 bits per heavy atom. The van der Waals surface area contributed by atoms with Crippen molar-refractivity contribution in [1.82, 2.24) is 9.78 Å². The number of halogens is 1. The molecule has 0 saturated heterocycles. The second kappa shape index (κ2) is 9.94. The molecule has 0 unspecified atom stereocenters. The van der Waals surface area contributed by atoms with E-state index in [0.29, 0.717) is 13.2 Å². The molecule has 0 bridgehead atoms. The Morgan fingerprint density at radius 1 is 1.11 bits per heavy atom. The predicted octanol–water partition coefficient (Wildman–Crippen LogP) is 4.00. The van der Waals surface area contributed by atoms with Gasteiger partial charge in [-0.15, -0.1) is 0 Å². The number of nitrogens with zero attached hydrogens (tertiary/aromatic N) is 2. The number of benzene rings is 1. The van der Waals surface area contributed by atoms with Gasteiger partial charge in [0.25, 0.3) is 5.56 Å². The van der Waals surface area contributed by atoms with Crippen LogP contribution in [0.15, 0.2) is 29.2 Å². The first kappa shape index (κ1) is 22.2. The van der Waals surface area contributed by atoms with Crippen LogP contribution in [0.2, 0.25) is 5.02 Å². The summed E-state index contributed by atoms with van der Waals surface area (Å²) < 4.78 is 18.1. The molecule has 0 fully saturated rings. The van der Waals surface area contributed by atoms with Crippen molar-refractivity contribution in [3.8, 4) is 11.5 Å². The van der Waals surface area contributed by atoms with Crippen LogP contribution in [0.25, 0.3) is 0 Å². The second-order valence-corrected chi connectivity index (χ2v) is 7.83. The van der Waals surface area contributed by atoms with E-state index >= 15 is 0 Å². The van der Waals surface area contributed by atoms with Crippen molar-refractivity contribution in [2.45, 2.75) is 46.6 Å². The molecule has 1 heterocycles. The molecule has 0 aliphatic carbocycles. The molecule has 154 valence electrons. The Labute approximate surface area is 171 Å². The molecule has 7 heteroatoms. The van der Waals surface area contributed by atoms with E-state index < -0.39 is 5.54 Å². The highest BCUT2D eigenvalue weighted by atomic mass is 35.5. The van der Waals surface area contributed by atoms with Crippen LogP contribution < -0.4 is 15.0 Å². The van der Waals surface area contributed by atoms with Crippen molar-refractivity contribution in [2.24, 2.45) is 0 Å². The number of hydrogen-bond acceptors (Lipinski definition) is 5. The molecule has 0 saturated carbocycles. The topological polar surface area (TPSA) is 62.6 Å². The number of rotatable bonds is 9. The van der Waals surface area contributed by atoms with Gasteiger partial charge in [0.15, 0.2) is 10.8 Å². The summed E-state index contributed by atoms with van der Waals surface area (Å²) in [6, 6.07) is 6.09. The van der Waals surface area contributed by atoms with E-state index in [1.54, 1.807) is 0 Å². The van der Waals surface area contributed by atoms with E-state index in [0.717, 1.165) is 24.3 Å². The van der Waals surface area contributed by atoms with Gasteiger partial charge in [-0.1, -0.05) is 23.7 Å². The van der Waals surface area contributed by atoms with Crippen LogP contribution >= 0.6 is 11.6 Å². The van der Waals surface area contributed by atoms with Crippen molar-refractivity contribution in [3.63, 3.8) is 0 Å². The van der Waals surface area contributed by atoms with Crippen LogP contribution in [0, 0.1) is 6.92 Å². The minimum Gasteiger partial charge on any atom is -0.490 e. The van der Waals surface area contributed by atoms with Crippen LogP contribution in [-0.4, -0.2) is 36.2 Å². The van der Waals surface area contributed by atoms with Gasteiger partial charge in [-0.25, -0.2) is 4.68 Å². The largest absolute Gasteiger partial charge is 0.490 e. The smallest absolute Gasteiger partial charge is 0.289 e. The Kier molecular flexibility index (Phi) is 7.89. The first-order valence-electron chi connectivity index (χ1n) is 9.45. The van der Waals surface area contributed by atoms with Crippen molar-refractivity contribution in [2.75, 3.05) is 26.4 Å². The minimum absolute atomic E-state index is 0.0276. The molecule has 6 nitrogen and oxygen atoms in total. The molecule has 1 aromatic carbocycles. The van der Waals surface area contributed by atoms with E-state index in [1.807, 2.05) is 46.8 Å². The molecule has 0 aliphatic heterocycles. The summed E-state index contributed by atoms with van der Waals surface area (Å²) in [7, 11) is 0. The third kappa shape index (κ3) is 5.97. The summed E-state index contributed by atoms with van der Waals surface area (Å²) >= 11 is 6.15. The zero-order valence-corrected chi connectivity index (χ0v) is 18.0. The van der Waals surface area contributed by atoms with Gasteiger partial charge < -0.3 is 14.2 Å². The highest BCUT2D eigenvalue weighted by Gasteiger charge is 2.19. The van der Waals surface area contributed by atoms with Crippen molar-refractivity contribution in [3.05, 3.63) is 50.9 Å². The minimum atomic E-state index is -0.450. The third-order valence-electron chi connectivity index (χ3n) is 4.10. The fourth-order valence-corrected chi connectivity index (χ4v) is 2.85. The molecular formula is C21H29ClN2O4. The molecular weight excluding hydrogens is 380 g/mol. The maximum absolute atomic E-state index is 12.3. The molecule has 0 atom stereocenters. The van der Waals surface area contributed by atoms with E-state index in [4.69, 9.17) is 25.8 Å². The average molecular weight is 409 g/mol. The molecule has 0 N–H and O–H groups in total. The van der Waals surface area contributed by atoms with Gasteiger partial charge >= 0.3 is 0 Å². The fourth-order valence-electron chi connectivity index (χ4n) is 2.66. The normalized spacial score (nSPS) is 11.5. The van der Waals surface area contributed by atoms with Crippen molar-refractivity contribution in [1.29, 1.82) is 0 Å². The van der Waals surface area contributed by atoms with Crippen LogP contribution in [-0.2, 0) is 16.7 Å². The molecule has 0 aliphatic rings. The summed E-state index contributed by atoms with van der Waals surface area (Å²) in [6.45, 7) is 11.7. The summed E-state index contributed by atoms with van der Waals surface area (Å²) in [4.78, 5) is 12.3. The Balaban J connectivity index is 1.89. The van der Waals surface area contributed by atoms with Crippen molar-refractivity contribution >= 4 is 11.6 Å². The van der Waals surface area contributed by atoms with Crippen molar-refractivity contribution < 1.29 is 14.2 Å². The van der Waals surface area contributed by atoms with Gasteiger partial charge in [0, 0.05) is 6.61 Å². The van der Waals surface area contributed by atoms with Gasteiger partial charge in [-0.2, -0.15) is 5.10 Å². The fraction of sp³-hybridized carbons (Fsp3) is 0.524. The molecule has 1 aromatic heterocycles. The summed E-state index contributed by atoms with van der Waals surface area (Å²) in [5.41, 5.74) is 1.45. The van der Waals surface area contributed by atoms with Gasteiger partial charge in [0.2, 0.25) is 0 Å². The molecule has 2 rings (SSSR count). The standard InChI is InChI=1S/C21H29ClN2O4/c1-6-26-10-9-16-7-8-17(15(2)13-16)27-11-12-28-18-14-23-24(21(3,4)5)20(25)19(18)22/h7-8,13-14H,6,9-12H2,1-5H3. The monoisotopic (exact) mass is 408 g/mol. The zero-order valence-electron chi connectivity index (χ0n) is 17.3. The predicted molar refractivity (Wildman–Crippen MR) is 111 cm³/mol. The molecule has 0 amide bonds. The second-order valence-electron chi connectivity index (χ2n) is 7.45. The number of ether oxygens (including phenoxy) is 3. The first-order chi connectivity index (χ1) is 13.2. The highest BCUT2D eigenvalue weighted by Crippen LogP contribution is 2.22. The van der Waals surface area contributed by atoms with Crippen LogP contribution in [0.4, 0.5) is 0 Å². The molecule has 28 heavy (non-hydrogen) atoms. The number of aryl methyl sites for hydroxylation is 1. The lowest BCUT2D eigenvalue weighted by atomic mass is 10.1. The lowest BCUT2D eigenvalue weighted by Crippen LogP contribution is -2.36. The van der Waals surface area contributed by atoms with Crippen LogP contribution in [0.1, 0.15) is 38.8 Å². The van der Waals surface area contributed by atoms with Gasteiger partial charge in [0.1, 0.15) is 19.0 Å². The van der Waals surface area contributed by atoms with Crippen LogP contribution in [0.5, 0.6) is 11.5 Å². The lowest BCUT2D eigenvalue weighted by Gasteiger charge is -2.21.